The second-order valence-corrected chi connectivity index (χ2v) is 5.00. The number of hydrogen-bond acceptors (Lipinski definition) is 3. The van der Waals surface area contributed by atoms with E-state index < -0.39 is 41.2 Å². The van der Waals surface area contributed by atoms with Gasteiger partial charge in [-0.25, -0.2) is 22.8 Å². The Morgan fingerprint density at radius 2 is 1.86 bits per heavy atom. The molecule has 9 heteroatoms. The maximum Gasteiger partial charge on any atom is 0.326 e. The van der Waals surface area contributed by atoms with Gasteiger partial charge in [-0.3, -0.25) is 0 Å². The Labute approximate surface area is 122 Å². The summed E-state index contributed by atoms with van der Waals surface area (Å²) >= 11 is 1.40. The molecule has 0 radical (unpaired) electrons. The number of nitrogens with one attached hydrogen (secondary N) is 2. The normalized spacial score (nSPS) is 11.8. The molecule has 0 fully saturated rings. The summed E-state index contributed by atoms with van der Waals surface area (Å²) in [6.07, 6.45) is 1.94. The van der Waals surface area contributed by atoms with Crippen molar-refractivity contribution in [1.82, 2.24) is 5.32 Å². The van der Waals surface area contributed by atoms with Gasteiger partial charge in [-0.2, -0.15) is 11.8 Å². The van der Waals surface area contributed by atoms with E-state index in [1.54, 1.807) is 6.26 Å². The molecule has 0 spiro atoms. The van der Waals surface area contributed by atoms with Crippen LogP contribution in [-0.4, -0.2) is 35.2 Å². The van der Waals surface area contributed by atoms with E-state index in [1.807, 2.05) is 5.32 Å². The Hall–Kier alpha value is -1.90. The molecule has 1 atom stereocenters. The van der Waals surface area contributed by atoms with Gasteiger partial charge in [-0.05, 0) is 18.4 Å². The van der Waals surface area contributed by atoms with E-state index in [9.17, 15) is 22.8 Å². The summed E-state index contributed by atoms with van der Waals surface area (Å²) in [5.41, 5.74) is -0.583. The van der Waals surface area contributed by atoms with Crippen LogP contribution in [0.2, 0.25) is 0 Å². The molecule has 3 N–H and O–H groups in total. The highest BCUT2D eigenvalue weighted by Gasteiger charge is 2.20. The number of carboxylic acids is 1. The van der Waals surface area contributed by atoms with Gasteiger partial charge in [0.1, 0.15) is 11.9 Å². The zero-order valence-corrected chi connectivity index (χ0v) is 11.8. The molecule has 116 valence electrons. The van der Waals surface area contributed by atoms with Gasteiger partial charge in [0.15, 0.2) is 11.6 Å². The molecule has 0 unspecified atom stereocenters. The average molecular weight is 322 g/mol. The molecule has 0 aliphatic rings. The molecular formula is C12H13F3N2O3S. The molecule has 21 heavy (non-hydrogen) atoms. The third-order valence-corrected chi connectivity index (χ3v) is 3.12. The standard InChI is InChI=1S/C12H13F3N2O3S/c1-21-3-2-9(11(18)19)16-12(20)17-10-5-7(14)6(13)4-8(10)15/h4-5,9H,2-3H2,1H3,(H,18,19)(H2,16,17,20)/t9-/m0/s1. The van der Waals surface area contributed by atoms with E-state index in [1.165, 1.54) is 11.8 Å². The predicted octanol–water partition coefficient (Wildman–Crippen LogP) is 2.43. The Kier molecular flexibility index (Phi) is 6.35. The number of carbonyl (C=O) groups excluding carboxylic acids is 1. The lowest BCUT2D eigenvalue weighted by Gasteiger charge is -2.15. The minimum Gasteiger partial charge on any atom is -0.480 e. The van der Waals surface area contributed by atoms with E-state index in [4.69, 9.17) is 5.11 Å². The van der Waals surface area contributed by atoms with E-state index in [-0.39, 0.29) is 12.5 Å². The minimum absolute atomic E-state index is 0.171. The summed E-state index contributed by atoms with van der Waals surface area (Å²) in [5, 5.41) is 13.0. The lowest BCUT2D eigenvalue weighted by atomic mass is 10.2. The number of anilines is 1. The predicted molar refractivity (Wildman–Crippen MR) is 72.9 cm³/mol. The number of benzene rings is 1. The molecule has 2 amide bonds. The first-order valence-electron chi connectivity index (χ1n) is 5.79. The first-order valence-corrected chi connectivity index (χ1v) is 7.18. The van der Waals surface area contributed by atoms with Crippen molar-refractivity contribution in [2.24, 2.45) is 0 Å². The molecule has 0 aliphatic heterocycles. The molecule has 5 nitrogen and oxygen atoms in total. The van der Waals surface area contributed by atoms with Gasteiger partial charge < -0.3 is 15.7 Å². The van der Waals surface area contributed by atoms with Crippen molar-refractivity contribution in [2.75, 3.05) is 17.3 Å². The van der Waals surface area contributed by atoms with E-state index in [0.717, 1.165) is 0 Å². The molecule has 0 heterocycles. The molecule has 0 aliphatic carbocycles. The number of urea groups is 1. The van der Waals surface area contributed by atoms with Crippen molar-refractivity contribution < 1.29 is 27.9 Å². The van der Waals surface area contributed by atoms with Crippen molar-refractivity contribution in [2.45, 2.75) is 12.5 Å². The Bertz CT molecular complexity index is 543. The van der Waals surface area contributed by atoms with Crippen molar-refractivity contribution in [3.63, 3.8) is 0 Å². The third-order valence-electron chi connectivity index (χ3n) is 2.47. The number of carbonyl (C=O) groups is 2. The highest BCUT2D eigenvalue weighted by Crippen LogP contribution is 2.18. The fraction of sp³-hybridized carbons (Fsp3) is 0.333. The van der Waals surface area contributed by atoms with Gasteiger partial charge in [0.25, 0.3) is 0 Å². The summed E-state index contributed by atoms with van der Waals surface area (Å²) in [6, 6.07) is -1.42. The summed E-state index contributed by atoms with van der Waals surface area (Å²) in [4.78, 5) is 22.5. The monoisotopic (exact) mass is 322 g/mol. The molecule has 0 aromatic heterocycles. The van der Waals surface area contributed by atoms with Crippen LogP contribution in [0.25, 0.3) is 0 Å². The number of aliphatic carboxylic acids is 1. The average Bonchev–Trinajstić information content (AvgIpc) is 2.40. The van der Waals surface area contributed by atoms with Crippen LogP contribution in [0.4, 0.5) is 23.7 Å². The van der Waals surface area contributed by atoms with Gasteiger partial charge in [-0.15, -0.1) is 0 Å². The van der Waals surface area contributed by atoms with Crippen LogP contribution in [0.3, 0.4) is 0 Å². The summed E-state index contributed by atoms with van der Waals surface area (Å²) < 4.78 is 39.0. The van der Waals surface area contributed by atoms with Crippen LogP contribution in [0.5, 0.6) is 0 Å². The number of hydrogen-bond donors (Lipinski definition) is 3. The lowest BCUT2D eigenvalue weighted by Crippen LogP contribution is -2.43. The number of amides is 2. The summed E-state index contributed by atoms with van der Waals surface area (Å²) in [5.74, 6) is -4.63. The van der Waals surface area contributed by atoms with Gasteiger partial charge >= 0.3 is 12.0 Å². The van der Waals surface area contributed by atoms with Crippen LogP contribution >= 0.6 is 11.8 Å². The smallest absolute Gasteiger partial charge is 0.326 e. The van der Waals surface area contributed by atoms with Crippen molar-refractivity contribution >= 4 is 29.4 Å². The fourth-order valence-corrected chi connectivity index (χ4v) is 1.90. The van der Waals surface area contributed by atoms with Crippen LogP contribution < -0.4 is 10.6 Å². The van der Waals surface area contributed by atoms with Crippen molar-refractivity contribution in [3.8, 4) is 0 Å². The zero-order valence-electron chi connectivity index (χ0n) is 11.0. The van der Waals surface area contributed by atoms with Crippen LogP contribution in [0.15, 0.2) is 12.1 Å². The topological polar surface area (TPSA) is 78.4 Å². The van der Waals surface area contributed by atoms with Crippen LogP contribution in [-0.2, 0) is 4.79 Å². The Morgan fingerprint density at radius 3 is 2.43 bits per heavy atom. The summed E-state index contributed by atoms with van der Waals surface area (Å²) in [6.45, 7) is 0. The Morgan fingerprint density at radius 1 is 1.24 bits per heavy atom. The van der Waals surface area contributed by atoms with E-state index in [2.05, 4.69) is 5.32 Å². The first kappa shape index (κ1) is 17.2. The maximum absolute atomic E-state index is 13.3. The van der Waals surface area contributed by atoms with Gasteiger partial charge in [0, 0.05) is 12.1 Å². The molecule has 1 aromatic carbocycles. The van der Waals surface area contributed by atoms with Gasteiger partial charge in [-0.1, -0.05) is 0 Å². The highest BCUT2D eigenvalue weighted by atomic mass is 32.2. The van der Waals surface area contributed by atoms with E-state index >= 15 is 0 Å². The zero-order chi connectivity index (χ0) is 16.0. The van der Waals surface area contributed by atoms with Gasteiger partial charge in [0.2, 0.25) is 0 Å². The lowest BCUT2D eigenvalue weighted by molar-refractivity contribution is -0.139. The fourth-order valence-electron chi connectivity index (χ4n) is 1.43. The number of halogens is 3. The molecular weight excluding hydrogens is 309 g/mol. The van der Waals surface area contributed by atoms with Crippen LogP contribution in [0.1, 0.15) is 6.42 Å². The minimum atomic E-state index is -1.39. The summed E-state index contributed by atoms with van der Waals surface area (Å²) in [7, 11) is 0. The highest BCUT2D eigenvalue weighted by molar-refractivity contribution is 7.98. The van der Waals surface area contributed by atoms with E-state index in [0.29, 0.717) is 11.8 Å². The van der Waals surface area contributed by atoms with Gasteiger partial charge in [0.05, 0.1) is 5.69 Å². The molecule has 1 rings (SSSR count). The molecule has 1 aromatic rings. The number of thioether (sulfide) groups is 1. The second kappa shape index (κ2) is 7.77. The second-order valence-electron chi connectivity index (χ2n) is 4.02. The van der Waals surface area contributed by atoms with Crippen LogP contribution in [0, 0.1) is 17.5 Å². The largest absolute Gasteiger partial charge is 0.480 e. The molecule has 0 saturated carbocycles. The SMILES string of the molecule is CSCC[C@H](NC(=O)Nc1cc(F)c(F)cc1F)C(=O)O. The first-order chi connectivity index (χ1) is 9.85. The number of carboxylic acid groups (broad SMARTS) is 1. The molecule has 0 saturated heterocycles. The number of rotatable bonds is 6. The maximum atomic E-state index is 13.3. The quantitative estimate of drug-likeness (QED) is 0.703. The van der Waals surface area contributed by atoms with Crippen molar-refractivity contribution in [1.29, 1.82) is 0 Å². The Balaban J connectivity index is 2.72. The van der Waals surface area contributed by atoms with Crippen molar-refractivity contribution in [3.05, 3.63) is 29.6 Å². The third kappa shape index (κ3) is 5.18. The molecule has 0 bridgehead atoms.